The van der Waals surface area contributed by atoms with E-state index >= 15 is 0 Å². The van der Waals surface area contributed by atoms with Gasteiger partial charge in [0.2, 0.25) is 0 Å². The molecule has 178 valence electrons. The average Bonchev–Trinajstić information content (AvgIpc) is 3.14. The fourth-order valence-corrected chi connectivity index (χ4v) is 3.95. The number of rotatable bonds is 6. The highest BCUT2D eigenvalue weighted by Crippen LogP contribution is 2.34. The predicted molar refractivity (Wildman–Crippen MR) is 131 cm³/mol. The van der Waals surface area contributed by atoms with Gasteiger partial charge in [-0.05, 0) is 48.9 Å². The summed E-state index contributed by atoms with van der Waals surface area (Å²) in [7, 11) is 2.49. The van der Waals surface area contributed by atoms with Crippen molar-refractivity contribution in [1.29, 1.82) is 0 Å². The molecule has 35 heavy (non-hydrogen) atoms. The molecule has 1 aliphatic rings. The zero-order chi connectivity index (χ0) is 24.9. The topological polar surface area (TPSA) is 86.5 Å². The number of carbonyl (C=O) groups is 3. The Morgan fingerprint density at radius 2 is 1.71 bits per heavy atom. The van der Waals surface area contributed by atoms with Crippen LogP contribution in [-0.4, -0.2) is 43.1 Å². The van der Waals surface area contributed by atoms with Crippen molar-refractivity contribution in [1.82, 2.24) is 4.40 Å². The van der Waals surface area contributed by atoms with Crippen molar-refractivity contribution >= 4 is 29.1 Å². The van der Waals surface area contributed by atoms with Crippen LogP contribution in [0.5, 0.6) is 0 Å². The second-order valence-electron chi connectivity index (χ2n) is 7.50. The van der Waals surface area contributed by atoms with E-state index in [1.54, 1.807) is 42.3 Å². The molecule has 2 aromatic heterocycles. The molecule has 8 nitrogen and oxygen atoms in total. The minimum Gasteiger partial charge on any atom is -0.465 e. The highest BCUT2D eigenvalue weighted by atomic mass is 16.5. The molecule has 1 aromatic carbocycles. The van der Waals surface area contributed by atoms with Gasteiger partial charge in [0, 0.05) is 29.8 Å². The van der Waals surface area contributed by atoms with Crippen molar-refractivity contribution in [2.24, 2.45) is 0 Å². The van der Waals surface area contributed by atoms with Crippen LogP contribution in [0.1, 0.15) is 17.3 Å². The van der Waals surface area contributed by atoms with E-state index in [0.29, 0.717) is 22.3 Å². The summed E-state index contributed by atoms with van der Waals surface area (Å²) in [5.41, 5.74) is 3.19. The SMILES string of the molecule is CCOC(=O)c1c(-c2cccc(N3C=CC=CC(C(=O)OC)=C3C(=O)OC)c2)cn2ccccc12. The fraction of sp³-hybridized carbons (Fsp3) is 0.148. The minimum absolute atomic E-state index is 0.00848. The van der Waals surface area contributed by atoms with E-state index in [4.69, 9.17) is 14.2 Å². The Kier molecular flexibility index (Phi) is 6.82. The van der Waals surface area contributed by atoms with E-state index in [0.717, 1.165) is 5.56 Å². The highest BCUT2D eigenvalue weighted by molar-refractivity contribution is 6.06. The van der Waals surface area contributed by atoms with Crippen molar-refractivity contribution in [3.05, 3.63) is 96.1 Å². The average molecular weight is 472 g/mol. The van der Waals surface area contributed by atoms with Gasteiger partial charge in [0.25, 0.3) is 0 Å². The zero-order valence-corrected chi connectivity index (χ0v) is 19.6. The first kappa shape index (κ1) is 23.6. The molecule has 0 fully saturated rings. The van der Waals surface area contributed by atoms with Crippen molar-refractivity contribution < 1.29 is 28.6 Å². The quantitative estimate of drug-likeness (QED) is 0.391. The summed E-state index contributed by atoms with van der Waals surface area (Å²) < 4.78 is 17.1. The number of hydrogen-bond acceptors (Lipinski definition) is 7. The van der Waals surface area contributed by atoms with E-state index in [-0.39, 0.29) is 17.9 Å². The second-order valence-corrected chi connectivity index (χ2v) is 7.50. The van der Waals surface area contributed by atoms with Crippen LogP contribution < -0.4 is 4.90 Å². The molecule has 0 radical (unpaired) electrons. The Labute approximate surface area is 202 Å². The molecule has 0 amide bonds. The summed E-state index contributed by atoms with van der Waals surface area (Å²) >= 11 is 0. The molecule has 8 heteroatoms. The summed E-state index contributed by atoms with van der Waals surface area (Å²) in [6, 6.07) is 12.9. The largest absolute Gasteiger partial charge is 0.465 e. The lowest BCUT2D eigenvalue weighted by Crippen LogP contribution is -2.26. The molecule has 0 spiro atoms. The maximum atomic E-state index is 12.9. The molecular weight excluding hydrogens is 448 g/mol. The number of benzene rings is 1. The number of ether oxygens (including phenoxy) is 3. The van der Waals surface area contributed by atoms with Crippen LogP contribution in [0.15, 0.2) is 90.6 Å². The number of allylic oxidation sites excluding steroid dienone is 2. The van der Waals surface area contributed by atoms with Crippen molar-refractivity contribution in [2.75, 3.05) is 25.7 Å². The summed E-state index contributed by atoms with van der Waals surface area (Å²) in [4.78, 5) is 39.7. The number of methoxy groups -OCH3 is 2. The van der Waals surface area contributed by atoms with E-state index in [9.17, 15) is 14.4 Å². The monoisotopic (exact) mass is 472 g/mol. The molecule has 0 N–H and O–H groups in total. The third-order valence-electron chi connectivity index (χ3n) is 5.49. The first-order valence-corrected chi connectivity index (χ1v) is 10.9. The number of hydrogen-bond donors (Lipinski definition) is 0. The summed E-state index contributed by atoms with van der Waals surface area (Å²) in [5.74, 6) is -1.80. The van der Waals surface area contributed by atoms with Crippen LogP contribution in [0.4, 0.5) is 5.69 Å². The van der Waals surface area contributed by atoms with Gasteiger partial charge in [-0.2, -0.15) is 0 Å². The summed E-state index contributed by atoms with van der Waals surface area (Å²) in [6.07, 6.45) is 10.2. The Balaban J connectivity index is 1.89. The summed E-state index contributed by atoms with van der Waals surface area (Å²) in [6.45, 7) is 2.01. The Bertz CT molecular complexity index is 1400. The molecule has 1 aliphatic heterocycles. The maximum absolute atomic E-state index is 12.9. The molecule has 0 atom stereocenters. The van der Waals surface area contributed by atoms with Gasteiger partial charge in [-0.1, -0.05) is 24.3 Å². The van der Waals surface area contributed by atoms with Gasteiger partial charge in [0.1, 0.15) is 5.70 Å². The molecule has 0 bridgehead atoms. The van der Waals surface area contributed by atoms with Gasteiger partial charge < -0.3 is 23.5 Å². The molecule has 0 saturated carbocycles. The number of carbonyl (C=O) groups excluding carboxylic acids is 3. The standard InChI is InChI=1S/C27H24N2O6/c1-4-35-26(31)23-21(17-28-14-7-6-13-22(23)28)18-10-9-11-19(16-18)29-15-8-5-12-20(25(30)33-2)24(29)27(32)34-3/h5-17H,4H2,1-3H3. The lowest BCUT2D eigenvalue weighted by atomic mass is 10.0. The second kappa shape index (κ2) is 10.1. The Hall–Kier alpha value is -4.59. The van der Waals surface area contributed by atoms with Crippen molar-refractivity contribution in [3.8, 4) is 11.1 Å². The van der Waals surface area contributed by atoms with E-state index in [2.05, 4.69) is 0 Å². The number of aromatic nitrogens is 1. The normalized spacial score (nSPS) is 13.1. The van der Waals surface area contributed by atoms with Gasteiger partial charge >= 0.3 is 17.9 Å². The van der Waals surface area contributed by atoms with Crippen LogP contribution in [0.2, 0.25) is 0 Å². The summed E-state index contributed by atoms with van der Waals surface area (Å²) in [5, 5.41) is 0. The molecule has 3 heterocycles. The maximum Gasteiger partial charge on any atom is 0.355 e. The van der Waals surface area contributed by atoms with Crippen LogP contribution in [-0.2, 0) is 23.8 Å². The van der Waals surface area contributed by atoms with Crippen molar-refractivity contribution in [2.45, 2.75) is 6.92 Å². The lowest BCUT2D eigenvalue weighted by molar-refractivity contribution is -0.139. The third kappa shape index (κ3) is 4.46. The molecule has 0 saturated heterocycles. The molecule has 3 aromatic rings. The number of esters is 3. The van der Waals surface area contributed by atoms with E-state index in [1.807, 2.05) is 47.1 Å². The first-order valence-electron chi connectivity index (χ1n) is 10.9. The molecule has 0 aliphatic carbocycles. The van der Waals surface area contributed by atoms with Crippen molar-refractivity contribution in [3.63, 3.8) is 0 Å². The van der Waals surface area contributed by atoms with Gasteiger partial charge in [0.05, 0.1) is 37.5 Å². The Morgan fingerprint density at radius 1 is 0.914 bits per heavy atom. The van der Waals surface area contributed by atoms with Crippen LogP contribution in [0.3, 0.4) is 0 Å². The van der Waals surface area contributed by atoms with Gasteiger partial charge in [-0.25, -0.2) is 14.4 Å². The smallest absolute Gasteiger partial charge is 0.355 e. The fourth-order valence-electron chi connectivity index (χ4n) is 3.95. The molecule has 0 unspecified atom stereocenters. The van der Waals surface area contributed by atoms with Gasteiger partial charge in [0.15, 0.2) is 0 Å². The van der Waals surface area contributed by atoms with E-state index < -0.39 is 17.9 Å². The lowest BCUT2D eigenvalue weighted by Gasteiger charge is -2.23. The third-order valence-corrected chi connectivity index (χ3v) is 5.49. The number of pyridine rings is 1. The highest BCUT2D eigenvalue weighted by Gasteiger charge is 2.28. The van der Waals surface area contributed by atoms with Crippen LogP contribution >= 0.6 is 0 Å². The van der Waals surface area contributed by atoms with Gasteiger partial charge in [-0.15, -0.1) is 0 Å². The number of fused-ring (bicyclic) bond motifs is 1. The number of nitrogens with zero attached hydrogens (tertiary/aromatic N) is 2. The molecular formula is C27H24N2O6. The first-order chi connectivity index (χ1) is 17.0. The van der Waals surface area contributed by atoms with Crippen LogP contribution in [0.25, 0.3) is 16.6 Å². The Morgan fingerprint density at radius 3 is 2.46 bits per heavy atom. The minimum atomic E-state index is -0.700. The van der Waals surface area contributed by atoms with E-state index in [1.165, 1.54) is 20.3 Å². The van der Waals surface area contributed by atoms with Crippen LogP contribution in [0, 0.1) is 0 Å². The molecule has 4 rings (SSSR count). The number of anilines is 1. The predicted octanol–water partition coefficient (Wildman–Crippen LogP) is 4.27. The zero-order valence-electron chi connectivity index (χ0n) is 19.6. The van der Waals surface area contributed by atoms with Gasteiger partial charge in [-0.3, -0.25) is 0 Å².